The molecule has 0 saturated heterocycles. The van der Waals surface area contributed by atoms with Gasteiger partial charge < -0.3 is 9.47 Å². The third kappa shape index (κ3) is 10.4. The molecular weight excluding hydrogens is 344 g/mol. The van der Waals surface area contributed by atoms with Gasteiger partial charge in [-0.25, -0.2) is 0 Å². The molecule has 0 N–H and O–H groups in total. The highest BCUT2D eigenvalue weighted by atomic mass is 79.9. The molecule has 0 aromatic heterocycles. The van der Waals surface area contributed by atoms with Crippen LogP contribution in [-0.2, 0) is 19.1 Å². The summed E-state index contributed by atoms with van der Waals surface area (Å²) in [7, 11) is 0. The fourth-order valence-electron chi connectivity index (χ4n) is 0.830. The number of esters is 2. The zero-order chi connectivity index (χ0) is 12.2. The molecule has 0 aliphatic carbocycles. The molecule has 0 aliphatic heterocycles. The van der Waals surface area contributed by atoms with Crippen molar-refractivity contribution in [1.29, 1.82) is 0 Å². The molecule has 0 rings (SSSR count). The zero-order valence-corrected chi connectivity index (χ0v) is 12.2. The normalized spacial score (nSPS) is 9.88. The fourth-order valence-corrected chi connectivity index (χ4v) is 1.29. The summed E-state index contributed by atoms with van der Waals surface area (Å²) in [6, 6.07) is 0. The van der Waals surface area contributed by atoms with E-state index in [9.17, 15) is 9.59 Å². The largest absolute Gasteiger partial charge is 0.466 e. The minimum Gasteiger partial charge on any atom is -0.466 e. The van der Waals surface area contributed by atoms with Gasteiger partial charge in [-0.05, 0) is 12.8 Å². The summed E-state index contributed by atoms with van der Waals surface area (Å²) >= 11 is 6.46. The molecule has 0 amide bonds. The van der Waals surface area contributed by atoms with E-state index in [0.717, 1.165) is 23.5 Å². The van der Waals surface area contributed by atoms with Gasteiger partial charge in [-0.2, -0.15) is 0 Å². The van der Waals surface area contributed by atoms with Gasteiger partial charge in [0.2, 0.25) is 0 Å². The first-order valence-electron chi connectivity index (χ1n) is 5.14. The van der Waals surface area contributed by atoms with Gasteiger partial charge in [0, 0.05) is 10.7 Å². The molecule has 94 valence electrons. The van der Waals surface area contributed by atoms with Crippen molar-refractivity contribution in [2.24, 2.45) is 0 Å². The number of carbonyl (C=O) groups excluding carboxylic acids is 2. The Labute approximate surface area is 112 Å². The van der Waals surface area contributed by atoms with Crippen molar-refractivity contribution in [3.05, 3.63) is 0 Å². The van der Waals surface area contributed by atoms with Crippen molar-refractivity contribution in [3.63, 3.8) is 0 Å². The van der Waals surface area contributed by atoms with E-state index in [1.54, 1.807) is 0 Å². The molecule has 0 aliphatic rings. The summed E-state index contributed by atoms with van der Waals surface area (Å²) in [5.41, 5.74) is 0. The van der Waals surface area contributed by atoms with E-state index in [4.69, 9.17) is 9.47 Å². The minimum atomic E-state index is -0.349. The quantitative estimate of drug-likeness (QED) is 0.360. The lowest BCUT2D eigenvalue weighted by Crippen LogP contribution is -2.11. The van der Waals surface area contributed by atoms with Crippen LogP contribution in [0.25, 0.3) is 0 Å². The summed E-state index contributed by atoms with van der Waals surface area (Å²) < 4.78 is 9.75. The molecule has 0 saturated carbocycles. The molecule has 0 bridgehead atoms. The average Bonchev–Trinajstić information content (AvgIpc) is 2.27. The lowest BCUT2D eigenvalue weighted by Gasteiger charge is -2.04. The van der Waals surface area contributed by atoms with Gasteiger partial charge in [-0.1, -0.05) is 31.9 Å². The van der Waals surface area contributed by atoms with Crippen molar-refractivity contribution in [3.8, 4) is 0 Å². The second-order valence-corrected chi connectivity index (χ2v) is 4.61. The Balaban J connectivity index is 3.40. The third-order valence-corrected chi connectivity index (χ3v) is 2.74. The SMILES string of the molecule is O=C(CCC(=O)OCCCBr)OCCCBr. The number of hydrogen-bond donors (Lipinski definition) is 0. The van der Waals surface area contributed by atoms with Crippen LogP contribution in [-0.4, -0.2) is 35.8 Å². The first-order valence-corrected chi connectivity index (χ1v) is 7.38. The number of rotatable bonds is 9. The molecule has 4 nitrogen and oxygen atoms in total. The molecule has 6 heteroatoms. The third-order valence-electron chi connectivity index (χ3n) is 1.62. The van der Waals surface area contributed by atoms with E-state index in [-0.39, 0.29) is 24.8 Å². The van der Waals surface area contributed by atoms with Crippen molar-refractivity contribution in [1.82, 2.24) is 0 Å². The Morgan fingerprint density at radius 3 is 1.50 bits per heavy atom. The van der Waals surface area contributed by atoms with Crippen LogP contribution in [0, 0.1) is 0 Å². The van der Waals surface area contributed by atoms with Crippen molar-refractivity contribution >= 4 is 43.8 Å². The Morgan fingerprint density at radius 1 is 0.812 bits per heavy atom. The van der Waals surface area contributed by atoms with Crippen LogP contribution in [0.1, 0.15) is 25.7 Å². The van der Waals surface area contributed by atoms with Gasteiger partial charge in [0.25, 0.3) is 0 Å². The van der Waals surface area contributed by atoms with Gasteiger partial charge in [0.1, 0.15) is 0 Å². The van der Waals surface area contributed by atoms with Crippen LogP contribution in [0.4, 0.5) is 0 Å². The Morgan fingerprint density at radius 2 is 1.19 bits per heavy atom. The second-order valence-electron chi connectivity index (χ2n) is 3.03. The van der Waals surface area contributed by atoms with Crippen molar-refractivity contribution in [2.75, 3.05) is 23.9 Å². The minimum absolute atomic E-state index is 0.0927. The number of hydrogen-bond acceptors (Lipinski definition) is 4. The van der Waals surface area contributed by atoms with Gasteiger partial charge >= 0.3 is 11.9 Å². The molecular formula is C10H16Br2O4. The Bertz CT molecular complexity index is 187. The number of carbonyl (C=O) groups is 2. The monoisotopic (exact) mass is 358 g/mol. The smallest absolute Gasteiger partial charge is 0.306 e. The molecule has 0 unspecified atom stereocenters. The first kappa shape index (κ1) is 15.9. The van der Waals surface area contributed by atoms with E-state index in [0.29, 0.717) is 13.2 Å². The maximum atomic E-state index is 11.1. The number of alkyl halides is 2. The topological polar surface area (TPSA) is 52.6 Å². The van der Waals surface area contributed by atoms with Crippen molar-refractivity contribution < 1.29 is 19.1 Å². The molecule has 0 radical (unpaired) electrons. The van der Waals surface area contributed by atoms with Gasteiger partial charge in [-0.15, -0.1) is 0 Å². The Kier molecular flexibility index (Phi) is 11.3. The highest BCUT2D eigenvalue weighted by Gasteiger charge is 2.08. The molecule has 0 aromatic rings. The summed E-state index contributed by atoms with van der Waals surface area (Å²) in [4.78, 5) is 22.2. The highest BCUT2D eigenvalue weighted by molar-refractivity contribution is 9.09. The van der Waals surface area contributed by atoms with Crippen LogP contribution in [0.2, 0.25) is 0 Å². The molecule has 0 heterocycles. The van der Waals surface area contributed by atoms with Crippen LogP contribution in [0.5, 0.6) is 0 Å². The summed E-state index contributed by atoms with van der Waals surface area (Å²) in [6.07, 6.45) is 1.74. The summed E-state index contributed by atoms with van der Waals surface area (Å²) in [5, 5.41) is 1.60. The van der Waals surface area contributed by atoms with E-state index in [1.165, 1.54) is 0 Å². The van der Waals surface area contributed by atoms with Crippen LogP contribution < -0.4 is 0 Å². The molecule has 0 spiro atoms. The maximum Gasteiger partial charge on any atom is 0.306 e. The van der Waals surface area contributed by atoms with Gasteiger partial charge in [-0.3, -0.25) is 9.59 Å². The lowest BCUT2D eigenvalue weighted by molar-refractivity contribution is -0.150. The molecule has 16 heavy (non-hydrogen) atoms. The molecule has 0 aromatic carbocycles. The van der Waals surface area contributed by atoms with E-state index in [1.807, 2.05) is 0 Å². The summed E-state index contributed by atoms with van der Waals surface area (Å²) in [5.74, 6) is -0.697. The fraction of sp³-hybridized carbons (Fsp3) is 0.800. The maximum absolute atomic E-state index is 11.1. The van der Waals surface area contributed by atoms with Crippen molar-refractivity contribution in [2.45, 2.75) is 25.7 Å². The predicted octanol–water partition coefficient (Wildman–Crippen LogP) is 2.42. The first-order chi connectivity index (χ1) is 7.70. The molecule has 0 atom stereocenters. The van der Waals surface area contributed by atoms with E-state index >= 15 is 0 Å². The van der Waals surface area contributed by atoms with Gasteiger partial charge in [0.05, 0.1) is 26.1 Å². The number of halogens is 2. The van der Waals surface area contributed by atoms with E-state index < -0.39 is 0 Å². The zero-order valence-electron chi connectivity index (χ0n) is 9.05. The standard InChI is InChI=1S/C10H16Br2O4/c11-5-1-7-15-9(13)3-4-10(14)16-8-2-6-12/h1-8H2. The van der Waals surface area contributed by atoms with Crippen LogP contribution >= 0.6 is 31.9 Å². The van der Waals surface area contributed by atoms with Gasteiger partial charge in [0.15, 0.2) is 0 Å². The molecule has 0 fully saturated rings. The lowest BCUT2D eigenvalue weighted by atomic mass is 10.3. The summed E-state index contributed by atoms with van der Waals surface area (Å²) in [6.45, 7) is 0.783. The second kappa shape index (κ2) is 11.4. The highest BCUT2D eigenvalue weighted by Crippen LogP contribution is 1.99. The predicted molar refractivity (Wildman–Crippen MR) is 68.0 cm³/mol. The number of ether oxygens (including phenoxy) is 2. The van der Waals surface area contributed by atoms with E-state index in [2.05, 4.69) is 31.9 Å². The Hall–Kier alpha value is -0.100. The van der Waals surface area contributed by atoms with Crippen LogP contribution in [0.3, 0.4) is 0 Å². The average molecular weight is 360 g/mol. The van der Waals surface area contributed by atoms with Crippen LogP contribution in [0.15, 0.2) is 0 Å².